The first kappa shape index (κ1) is 20.8. The molecule has 0 saturated carbocycles. The van der Waals surface area contributed by atoms with Crippen molar-refractivity contribution in [2.75, 3.05) is 0 Å². The van der Waals surface area contributed by atoms with E-state index in [1.54, 1.807) is 0 Å². The van der Waals surface area contributed by atoms with E-state index in [9.17, 15) is 13.2 Å². The maximum atomic E-state index is 12.9. The van der Waals surface area contributed by atoms with Crippen molar-refractivity contribution in [3.05, 3.63) is 82.3 Å². The number of benzene rings is 2. The lowest BCUT2D eigenvalue weighted by Crippen LogP contribution is -2.06. The maximum Gasteiger partial charge on any atom is 0.416 e. The van der Waals surface area contributed by atoms with Crippen LogP contribution in [0.1, 0.15) is 55.9 Å². The number of rotatable bonds is 5. The van der Waals surface area contributed by atoms with Crippen molar-refractivity contribution in [3.63, 3.8) is 0 Å². The second-order valence-corrected chi connectivity index (χ2v) is 7.07. The number of hydrogen-bond acceptors (Lipinski definition) is 2. The van der Waals surface area contributed by atoms with Gasteiger partial charge in [-0.15, -0.1) is 0 Å². The molecule has 0 unspecified atom stereocenters. The number of ether oxygens (including phenoxy) is 2. The Balaban J connectivity index is 2.06. The highest BCUT2D eigenvalue weighted by atomic mass is 19.4. The molecule has 1 heterocycles. The van der Waals surface area contributed by atoms with Crippen LogP contribution in [0.15, 0.2) is 60.0 Å². The van der Waals surface area contributed by atoms with E-state index < -0.39 is 11.7 Å². The van der Waals surface area contributed by atoms with Crippen LogP contribution in [-0.4, -0.2) is 6.10 Å². The van der Waals surface area contributed by atoms with E-state index in [4.69, 9.17) is 9.47 Å². The molecule has 0 amide bonds. The fourth-order valence-electron chi connectivity index (χ4n) is 3.01. The van der Waals surface area contributed by atoms with Gasteiger partial charge in [-0.25, -0.2) is 0 Å². The average molecular weight is 400 g/mol. The monoisotopic (exact) mass is 400 g/mol. The summed E-state index contributed by atoms with van der Waals surface area (Å²) in [6, 6.07) is 12.6. The van der Waals surface area contributed by atoms with Gasteiger partial charge in [0, 0.05) is 17.5 Å². The molecule has 2 aromatic rings. The van der Waals surface area contributed by atoms with Crippen molar-refractivity contribution in [3.8, 4) is 0 Å². The van der Waals surface area contributed by atoms with Gasteiger partial charge in [0.05, 0.1) is 11.7 Å². The Kier molecular flexibility index (Phi) is 6.19. The van der Waals surface area contributed by atoms with Gasteiger partial charge in [-0.05, 0) is 55.8 Å². The third-order valence-electron chi connectivity index (χ3n) is 4.31. The minimum absolute atomic E-state index is 0.00779. The molecule has 0 atom stereocenters. The molecule has 0 N–H and O–H groups in total. The third-order valence-corrected chi connectivity index (χ3v) is 4.31. The summed E-state index contributed by atoms with van der Waals surface area (Å²) in [5.41, 5.74) is 4.90. The van der Waals surface area contributed by atoms with E-state index in [2.05, 4.69) is 12.7 Å². The van der Waals surface area contributed by atoms with Crippen LogP contribution in [0.2, 0.25) is 0 Å². The Hall–Kier alpha value is -2.91. The van der Waals surface area contributed by atoms with Crippen LogP contribution in [0.4, 0.5) is 13.2 Å². The van der Waals surface area contributed by atoms with Gasteiger partial charge in [-0.1, -0.05) is 37.3 Å². The highest BCUT2D eigenvalue weighted by molar-refractivity contribution is 5.88. The van der Waals surface area contributed by atoms with E-state index in [-0.39, 0.29) is 6.10 Å². The minimum atomic E-state index is -4.37. The van der Waals surface area contributed by atoms with Gasteiger partial charge < -0.3 is 9.47 Å². The van der Waals surface area contributed by atoms with Crippen LogP contribution in [0.5, 0.6) is 0 Å². The SMILES string of the molecule is CCCC(=C=C1OC(c2ccc(C(F)(F)F)cc2)=Cc2ccccc21)OC(C)C. The Morgan fingerprint density at radius 3 is 2.38 bits per heavy atom. The van der Waals surface area contributed by atoms with E-state index in [1.807, 2.05) is 44.2 Å². The Morgan fingerprint density at radius 2 is 1.76 bits per heavy atom. The minimum Gasteiger partial charge on any atom is -0.487 e. The number of halogens is 3. The van der Waals surface area contributed by atoms with Gasteiger partial charge in [0.15, 0.2) is 5.76 Å². The molecule has 0 aromatic heterocycles. The van der Waals surface area contributed by atoms with Crippen LogP contribution in [-0.2, 0) is 15.7 Å². The number of allylic oxidation sites excluding steroid dienone is 1. The molecule has 0 aliphatic carbocycles. The van der Waals surface area contributed by atoms with Crippen molar-refractivity contribution in [2.45, 2.75) is 45.9 Å². The molecule has 5 heteroatoms. The Morgan fingerprint density at radius 1 is 1.07 bits per heavy atom. The highest BCUT2D eigenvalue weighted by Crippen LogP contribution is 2.36. The largest absolute Gasteiger partial charge is 0.487 e. The second-order valence-electron chi connectivity index (χ2n) is 7.07. The van der Waals surface area contributed by atoms with Gasteiger partial charge in [0.1, 0.15) is 11.5 Å². The zero-order valence-electron chi connectivity index (χ0n) is 16.6. The van der Waals surface area contributed by atoms with E-state index >= 15 is 0 Å². The molecule has 0 fully saturated rings. The quantitative estimate of drug-likeness (QED) is 0.388. The summed E-state index contributed by atoms with van der Waals surface area (Å²) < 4.78 is 50.5. The van der Waals surface area contributed by atoms with Crippen molar-refractivity contribution >= 4 is 17.6 Å². The molecule has 0 radical (unpaired) electrons. The smallest absolute Gasteiger partial charge is 0.416 e. The van der Waals surface area contributed by atoms with E-state index in [0.29, 0.717) is 29.3 Å². The van der Waals surface area contributed by atoms with Crippen molar-refractivity contribution in [1.29, 1.82) is 0 Å². The lowest BCUT2D eigenvalue weighted by atomic mass is 10.00. The van der Waals surface area contributed by atoms with Gasteiger partial charge in [0.2, 0.25) is 0 Å². The predicted octanol–water partition coefficient (Wildman–Crippen LogP) is 7.28. The molecule has 2 aromatic carbocycles. The number of alkyl halides is 3. The first-order valence-corrected chi connectivity index (χ1v) is 9.61. The Labute approximate surface area is 169 Å². The molecule has 0 spiro atoms. The summed E-state index contributed by atoms with van der Waals surface area (Å²) in [6.07, 6.45) is -0.929. The molecule has 0 saturated heterocycles. The molecule has 152 valence electrons. The molecule has 1 aliphatic rings. The lowest BCUT2D eigenvalue weighted by Gasteiger charge is -2.20. The summed E-state index contributed by atoms with van der Waals surface area (Å²) in [7, 11) is 0. The number of hydrogen-bond donors (Lipinski definition) is 0. The molecule has 3 rings (SSSR count). The van der Waals surface area contributed by atoms with E-state index in [0.717, 1.165) is 29.7 Å². The summed E-state index contributed by atoms with van der Waals surface area (Å²) in [4.78, 5) is 0. The Bertz CT molecular complexity index is 960. The molecule has 29 heavy (non-hydrogen) atoms. The summed E-state index contributed by atoms with van der Waals surface area (Å²) in [5.74, 6) is 1.67. The molecule has 2 nitrogen and oxygen atoms in total. The third kappa shape index (κ3) is 5.12. The van der Waals surface area contributed by atoms with Crippen LogP contribution in [0.25, 0.3) is 17.6 Å². The lowest BCUT2D eigenvalue weighted by molar-refractivity contribution is -0.137. The van der Waals surface area contributed by atoms with Crippen molar-refractivity contribution in [2.24, 2.45) is 0 Å². The molecular formula is C24H23F3O2. The maximum absolute atomic E-state index is 12.9. The first-order valence-electron chi connectivity index (χ1n) is 9.61. The standard InChI is InChI=1S/C24H23F3O2/c1-4-7-20(28-16(2)3)15-23-21-9-6-5-8-18(21)14-22(29-23)17-10-12-19(13-11-17)24(25,26)27/h5-6,8-14,16H,4,7H2,1-3H3. The normalized spacial score (nSPS) is 13.3. The fourth-order valence-corrected chi connectivity index (χ4v) is 3.01. The molecule has 1 aliphatic heterocycles. The van der Waals surface area contributed by atoms with Crippen molar-refractivity contribution < 1.29 is 22.6 Å². The summed E-state index contributed by atoms with van der Waals surface area (Å²) in [6.45, 7) is 5.95. The second kappa shape index (κ2) is 8.62. The van der Waals surface area contributed by atoms with Crippen LogP contribution >= 0.6 is 0 Å². The topological polar surface area (TPSA) is 18.5 Å². The molecular weight excluding hydrogens is 377 g/mol. The van der Waals surface area contributed by atoms with Crippen LogP contribution in [0, 0.1) is 0 Å². The summed E-state index contributed by atoms with van der Waals surface area (Å²) in [5, 5.41) is 0. The van der Waals surface area contributed by atoms with Crippen LogP contribution in [0.3, 0.4) is 0 Å². The average Bonchev–Trinajstić information content (AvgIpc) is 2.67. The fraction of sp³-hybridized carbons (Fsp3) is 0.292. The van der Waals surface area contributed by atoms with Crippen LogP contribution < -0.4 is 0 Å². The van der Waals surface area contributed by atoms with Gasteiger partial charge in [-0.3, -0.25) is 0 Å². The van der Waals surface area contributed by atoms with Gasteiger partial charge in [-0.2, -0.15) is 13.2 Å². The number of fused-ring (bicyclic) bond motifs is 1. The van der Waals surface area contributed by atoms with Crippen molar-refractivity contribution in [1.82, 2.24) is 0 Å². The predicted molar refractivity (Wildman–Crippen MR) is 108 cm³/mol. The zero-order valence-corrected chi connectivity index (χ0v) is 16.6. The van der Waals surface area contributed by atoms with E-state index in [1.165, 1.54) is 12.1 Å². The first-order chi connectivity index (χ1) is 13.8. The van der Waals surface area contributed by atoms with Gasteiger partial charge in [0.25, 0.3) is 0 Å². The highest BCUT2D eigenvalue weighted by Gasteiger charge is 2.30. The van der Waals surface area contributed by atoms with Gasteiger partial charge >= 0.3 is 6.18 Å². The summed E-state index contributed by atoms with van der Waals surface area (Å²) >= 11 is 0. The molecule has 0 bridgehead atoms. The zero-order chi connectivity index (χ0) is 21.0.